The Morgan fingerprint density at radius 1 is 1.00 bits per heavy atom. The van der Waals surface area contributed by atoms with Gasteiger partial charge in [-0.1, -0.05) is 35.9 Å². The predicted molar refractivity (Wildman–Crippen MR) is 130 cm³/mol. The minimum atomic E-state index is -3.74. The van der Waals surface area contributed by atoms with Crippen LogP contribution in [0, 0.1) is 0 Å². The maximum absolute atomic E-state index is 13.1. The fourth-order valence-electron chi connectivity index (χ4n) is 4.48. The van der Waals surface area contributed by atoms with Crippen LogP contribution >= 0.6 is 11.6 Å². The molecular weight excluding hydrogens is 492 g/mol. The van der Waals surface area contributed by atoms with E-state index in [4.69, 9.17) is 21.4 Å². The third-order valence-corrected chi connectivity index (χ3v) is 8.27. The number of amides is 2. The average Bonchev–Trinajstić information content (AvgIpc) is 3.51. The Kier molecular flexibility index (Phi) is 6.12. The fraction of sp³-hybridized carbons (Fsp3) is 0.292. The van der Waals surface area contributed by atoms with E-state index in [0.717, 1.165) is 27.4 Å². The number of fused-ring (bicyclic) bond motifs is 1. The molecule has 3 aromatic rings. The highest BCUT2D eigenvalue weighted by Crippen LogP contribution is 2.38. The van der Waals surface area contributed by atoms with E-state index in [0.29, 0.717) is 16.5 Å². The summed E-state index contributed by atoms with van der Waals surface area (Å²) < 4.78 is 34.9. The lowest BCUT2D eigenvalue weighted by Crippen LogP contribution is -2.37. The summed E-state index contributed by atoms with van der Waals surface area (Å²) in [6.45, 7) is 0.0916. The number of benzene rings is 2. The molecule has 11 heteroatoms. The molecule has 5 rings (SSSR count). The van der Waals surface area contributed by atoms with Crippen LogP contribution in [-0.2, 0) is 32.7 Å². The van der Waals surface area contributed by atoms with Crippen molar-refractivity contribution in [3.8, 4) is 22.7 Å². The zero-order valence-electron chi connectivity index (χ0n) is 19.0. The van der Waals surface area contributed by atoms with Gasteiger partial charge in [-0.2, -0.15) is 9.40 Å². The molecule has 2 amide bonds. The number of carbonyl (C=O) groups excluding carboxylic acids is 2. The van der Waals surface area contributed by atoms with E-state index in [9.17, 15) is 18.0 Å². The van der Waals surface area contributed by atoms with Crippen molar-refractivity contribution in [2.45, 2.75) is 25.9 Å². The Morgan fingerprint density at radius 3 is 2.37 bits per heavy atom. The van der Waals surface area contributed by atoms with Crippen molar-refractivity contribution in [1.82, 2.24) is 19.0 Å². The van der Waals surface area contributed by atoms with Crippen LogP contribution in [0.4, 0.5) is 0 Å². The molecule has 1 fully saturated rings. The molecule has 182 valence electrons. The molecule has 0 spiro atoms. The second-order valence-electron chi connectivity index (χ2n) is 8.39. The Morgan fingerprint density at radius 2 is 1.69 bits per heavy atom. The number of nitrogens with zero attached hydrogens (tertiary/aromatic N) is 4. The Bertz CT molecular complexity index is 1400. The molecule has 0 bridgehead atoms. The fourth-order valence-corrected chi connectivity index (χ4v) is 5.92. The summed E-state index contributed by atoms with van der Waals surface area (Å²) in [7, 11) is -2.15. The van der Waals surface area contributed by atoms with Gasteiger partial charge in [0.05, 0.1) is 30.8 Å². The van der Waals surface area contributed by atoms with Crippen LogP contribution in [0.3, 0.4) is 0 Å². The van der Waals surface area contributed by atoms with Gasteiger partial charge in [0.1, 0.15) is 11.4 Å². The molecule has 2 aliphatic rings. The number of likely N-dealkylation sites (tertiary alicyclic amines) is 1. The van der Waals surface area contributed by atoms with E-state index in [2.05, 4.69) is 0 Å². The van der Waals surface area contributed by atoms with Crippen LogP contribution in [0.25, 0.3) is 16.9 Å². The van der Waals surface area contributed by atoms with Crippen LogP contribution in [0.15, 0.2) is 48.5 Å². The molecule has 0 aliphatic carbocycles. The third kappa shape index (κ3) is 4.33. The number of para-hydroxylation sites is 2. The molecule has 0 N–H and O–H groups in total. The lowest BCUT2D eigenvalue weighted by molar-refractivity contribution is -0.137. The van der Waals surface area contributed by atoms with E-state index >= 15 is 0 Å². The van der Waals surface area contributed by atoms with Crippen molar-refractivity contribution in [2.75, 3.05) is 19.4 Å². The summed E-state index contributed by atoms with van der Waals surface area (Å²) in [5.74, 6) is -0.341. The van der Waals surface area contributed by atoms with Crippen molar-refractivity contribution in [3.05, 3.63) is 64.8 Å². The number of imide groups is 1. The van der Waals surface area contributed by atoms with Gasteiger partial charge < -0.3 is 4.74 Å². The van der Waals surface area contributed by atoms with Crippen molar-refractivity contribution in [3.63, 3.8) is 0 Å². The van der Waals surface area contributed by atoms with E-state index < -0.39 is 10.0 Å². The molecule has 3 heterocycles. The topological polar surface area (TPSA) is 102 Å². The highest BCUT2D eigenvalue weighted by Gasteiger charge is 2.37. The highest BCUT2D eigenvalue weighted by molar-refractivity contribution is 7.89. The lowest BCUT2D eigenvalue weighted by Gasteiger charge is -2.20. The second kappa shape index (κ2) is 9.10. The van der Waals surface area contributed by atoms with Gasteiger partial charge >= 0.3 is 0 Å². The summed E-state index contributed by atoms with van der Waals surface area (Å²) >= 11 is 6.11. The van der Waals surface area contributed by atoms with Crippen LogP contribution < -0.4 is 4.74 Å². The van der Waals surface area contributed by atoms with Gasteiger partial charge in [-0.05, 0) is 24.3 Å². The van der Waals surface area contributed by atoms with Crippen LogP contribution in [0.5, 0.6) is 5.75 Å². The standard InChI is InChI=1S/C24H23ClN4O5S/c1-34-21-5-3-2-4-20(21)29-24(16-6-8-17(25)9-7-16)18-14-27(15-19(18)26-29)35(32,33)13-12-28-22(30)10-11-23(28)31/h2-9H,10-15H2,1H3. The largest absolute Gasteiger partial charge is 0.494 e. The van der Waals surface area contributed by atoms with Gasteiger partial charge in [-0.3, -0.25) is 14.5 Å². The summed E-state index contributed by atoms with van der Waals surface area (Å²) in [6, 6.07) is 14.8. The number of aromatic nitrogens is 2. The quantitative estimate of drug-likeness (QED) is 0.449. The zero-order chi connectivity index (χ0) is 24.7. The van der Waals surface area contributed by atoms with Gasteiger partial charge in [-0.25, -0.2) is 13.1 Å². The number of hydrogen-bond acceptors (Lipinski definition) is 6. The number of carbonyl (C=O) groups is 2. The molecule has 0 radical (unpaired) electrons. The molecule has 9 nitrogen and oxygen atoms in total. The number of halogens is 1. The minimum Gasteiger partial charge on any atom is -0.494 e. The average molecular weight is 515 g/mol. The number of hydrogen-bond donors (Lipinski definition) is 0. The molecule has 1 aromatic heterocycles. The molecule has 1 saturated heterocycles. The lowest BCUT2D eigenvalue weighted by atomic mass is 10.1. The number of ether oxygens (including phenoxy) is 1. The van der Waals surface area contributed by atoms with Gasteiger partial charge in [0.25, 0.3) is 0 Å². The number of sulfonamides is 1. The first-order valence-electron chi connectivity index (χ1n) is 11.1. The summed E-state index contributed by atoms with van der Waals surface area (Å²) in [5, 5.41) is 5.36. The van der Waals surface area contributed by atoms with Crippen LogP contribution in [-0.4, -0.2) is 58.6 Å². The molecule has 35 heavy (non-hydrogen) atoms. The first-order valence-corrected chi connectivity index (χ1v) is 13.1. The Hall–Kier alpha value is -3.21. The maximum Gasteiger partial charge on any atom is 0.229 e. The summed E-state index contributed by atoms with van der Waals surface area (Å²) in [5.41, 5.74) is 3.74. The van der Waals surface area contributed by atoms with Crippen molar-refractivity contribution in [1.29, 1.82) is 0 Å². The van der Waals surface area contributed by atoms with E-state index in [1.54, 1.807) is 23.9 Å². The second-order valence-corrected chi connectivity index (χ2v) is 10.9. The Labute approximate surface area is 207 Å². The molecule has 0 atom stereocenters. The Balaban J connectivity index is 1.48. The number of methoxy groups -OCH3 is 1. The molecule has 2 aliphatic heterocycles. The van der Waals surface area contributed by atoms with Crippen molar-refractivity contribution >= 4 is 33.4 Å². The maximum atomic E-state index is 13.1. The van der Waals surface area contributed by atoms with Crippen molar-refractivity contribution < 1.29 is 22.7 Å². The van der Waals surface area contributed by atoms with Gasteiger partial charge in [-0.15, -0.1) is 0 Å². The predicted octanol–water partition coefficient (Wildman–Crippen LogP) is 3.00. The monoisotopic (exact) mass is 514 g/mol. The smallest absolute Gasteiger partial charge is 0.229 e. The first-order chi connectivity index (χ1) is 16.8. The summed E-state index contributed by atoms with van der Waals surface area (Å²) in [6.07, 6.45) is 0.269. The van der Waals surface area contributed by atoms with E-state index in [1.807, 2.05) is 36.4 Å². The number of rotatable bonds is 7. The summed E-state index contributed by atoms with van der Waals surface area (Å²) in [4.78, 5) is 24.8. The van der Waals surface area contributed by atoms with E-state index in [1.165, 1.54) is 4.31 Å². The molecule has 2 aromatic carbocycles. The highest BCUT2D eigenvalue weighted by atomic mass is 35.5. The zero-order valence-corrected chi connectivity index (χ0v) is 20.6. The molecule has 0 unspecified atom stereocenters. The molecular formula is C24H23ClN4O5S. The SMILES string of the molecule is COc1ccccc1-n1nc2c(c1-c1ccc(Cl)cc1)CN(S(=O)(=O)CCN1C(=O)CCC1=O)C2. The van der Waals surface area contributed by atoms with Crippen LogP contribution in [0.1, 0.15) is 24.1 Å². The van der Waals surface area contributed by atoms with Gasteiger partial charge in [0.2, 0.25) is 21.8 Å². The van der Waals surface area contributed by atoms with Gasteiger partial charge in [0.15, 0.2) is 0 Å². The molecule has 0 saturated carbocycles. The van der Waals surface area contributed by atoms with Crippen molar-refractivity contribution in [2.24, 2.45) is 0 Å². The normalized spacial score (nSPS) is 16.2. The first kappa shape index (κ1) is 23.5. The third-order valence-electron chi connectivity index (χ3n) is 6.28. The minimum absolute atomic E-state index is 0.0995. The van der Waals surface area contributed by atoms with E-state index in [-0.39, 0.29) is 50.0 Å². The van der Waals surface area contributed by atoms with Gasteiger partial charge in [0, 0.05) is 42.1 Å². The van der Waals surface area contributed by atoms with Crippen LogP contribution in [0.2, 0.25) is 5.02 Å².